The van der Waals surface area contributed by atoms with E-state index in [1.54, 1.807) is 11.3 Å². The minimum absolute atomic E-state index is 0.599. The standard InChI is InChI=1S/C10H7BrClNS/c11-7-3-4-14-10(7)6-1-2-8(12)9(13)5-6/h1-5H,13H2. The smallest absolute Gasteiger partial charge is 0.0635 e. The Morgan fingerprint density at radius 1 is 1.29 bits per heavy atom. The van der Waals surface area contributed by atoms with E-state index in [0.717, 1.165) is 10.0 Å². The Morgan fingerprint density at radius 3 is 2.64 bits per heavy atom. The third kappa shape index (κ3) is 1.80. The molecule has 2 N–H and O–H groups in total. The second-order valence-corrected chi connectivity index (χ2v) is 5.01. The lowest BCUT2D eigenvalue weighted by Crippen LogP contribution is -1.86. The van der Waals surface area contributed by atoms with Gasteiger partial charge in [0.05, 0.1) is 10.7 Å². The topological polar surface area (TPSA) is 26.0 Å². The molecule has 0 radical (unpaired) electrons. The maximum atomic E-state index is 5.85. The van der Waals surface area contributed by atoms with Crippen molar-refractivity contribution >= 4 is 44.6 Å². The van der Waals surface area contributed by atoms with Gasteiger partial charge in [0, 0.05) is 9.35 Å². The minimum atomic E-state index is 0.599. The second kappa shape index (κ2) is 3.93. The molecule has 0 amide bonds. The summed E-state index contributed by atoms with van der Waals surface area (Å²) in [5, 5.41) is 2.63. The highest BCUT2D eigenvalue weighted by atomic mass is 79.9. The highest BCUT2D eigenvalue weighted by Gasteiger charge is 2.05. The van der Waals surface area contributed by atoms with Gasteiger partial charge < -0.3 is 5.73 Å². The normalized spacial score (nSPS) is 10.4. The van der Waals surface area contributed by atoms with Gasteiger partial charge in [0.2, 0.25) is 0 Å². The summed E-state index contributed by atoms with van der Waals surface area (Å²) in [5.41, 5.74) is 7.44. The maximum absolute atomic E-state index is 5.85. The number of thiophene rings is 1. The fraction of sp³-hybridized carbons (Fsp3) is 0. The molecule has 1 nitrogen and oxygen atoms in total. The van der Waals surface area contributed by atoms with Gasteiger partial charge in [-0.15, -0.1) is 11.3 Å². The van der Waals surface area contributed by atoms with Gasteiger partial charge in [-0.05, 0) is 45.1 Å². The predicted octanol–water partition coefficient (Wildman–Crippen LogP) is 4.41. The van der Waals surface area contributed by atoms with Crippen molar-refractivity contribution in [3.63, 3.8) is 0 Å². The fourth-order valence-corrected chi connectivity index (χ4v) is 2.90. The van der Waals surface area contributed by atoms with Crippen LogP contribution in [0.3, 0.4) is 0 Å². The molecule has 0 saturated carbocycles. The lowest BCUT2D eigenvalue weighted by molar-refractivity contribution is 1.66. The summed E-state index contributed by atoms with van der Waals surface area (Å²) in [6.45, 7) is 0. The fourth-order valence-electron chi connectivity index (χ4n) is 1.18. The van der Waals surface area contributed by atoms with E-state index in [1.807, 2.05) is 29.6 Å². The molecule has 0 atom stereocenters. The van der Waals surface area contributed by atoms with E-state index in [2.05, 4.69) is 15.9 Å². The van der Waals surface area contributed by atoms with Crippen molar-refractivity contribution in [1.82, 2.24) is 0 Å². The van der Waals surface area contributed by atoms with E-state index < -0.39 is 0 Å². The average molecular weight is 289 g/mol. The third-order valence-electron chi connectivity index (χ3n) is 1.88. The molecule has 1 heterocycles. The molecule has 0 aliphatic heterocycles. The Labute approximate surface area is 99.6 Å². The van der Waals surface area contributed by atoms with Crippen LogP contribution in [0.25, 0.3) is 10.4 Å². The van der Waals surface area contributed by atoms with E-state index >= 15 is 0 Å². The van der Waals surface area contributed by atoms with Crippen LogP contribution in [-0.4, -0.2) is 0 Å². The van der Waals surface area contributed by atoms with Crippen LogP contribution in [0.2, 0.25) is 5.02 Å². The van der Waals surface area contributed by atoms with E-state index in [9.17, 15) is 0 Å². The molecule has 2 rings (SSSR count). The average Bonchev–Trinajstić information content (AvgIpc) is 2.57. The van der Waals surface area contributed by atoms with Crippen LogP contribution in [0.15, 0.2) is 34.1 Å². The van der Waals surface area contributed by atoms with Crippen molar-refractivity contribution in [3.05, 3.63) is 39.1 Å². The van der Waals surface area contributed by atoms with Gasteiger partial charge >= 0.3 is 0 Å². The van der Waals surface area contributed by atoms with Gasteiger partial charge in [-0.25, -0.2) is 0 Å². The van der Waals surface area contributed by atoms with Crippen LogP contribution in [0, 0.1) is 0 Å². The number of benzene rings is 1. The molecular weight excluding hydrogens is 282 g/mol. The summed E-state index contributed by atoms with van der Waals surface area (Å²) < 4.78 is 1.09. The quantitative estimate of drug-likeness (QED) is 0.773. The summed E-state index contributed by atoms with van der Waals surface area (Å²) in [6, 6.07) is 7.69. The Bertz CT molecular complexity index is 467. The molecule has 4 heteroatoms. The number of hydrogen-bond donors (Lipinski definition) is 1. The van der Waals surface area contributed by atoms with Crippen LogP contribution in [0.1, 0.15) is 0 Å². The number of nitrogen functional groups attached to an aromatic ring is 1. The summed E-state index contributed by atoms with van der Waals surface area (Å²) in [6.07, 6.45) is 0. The molecule has 0 aliphatic carbocycles. The predicted molar refractivity (Wildman–Crippen MR) is 66.9 cm³/mol. The Hall–Kier alpha value is -0.510. The lowest BCUT2D eigenvalue weighted by atomic mass is 10.2. The number of halogens is 2. The van der Waals surface area contributed by atoms with Crippen LogP contribution in [-0.2, 0) is 0 Å². The zero-order chi connectivity index (χ0) is 10.1. The van der Waals surface area contributed by atoms with Gasteiger partial charge in [0.15, 0.2) is 0 Å². The highest BCUT2D eigenvalue weighted by molar-refractivity contribution is 9.10. The summed E-state index contributed by atoms with van der Waals surface area (Å²) in [4.78, 5) is 1.17. The number of hydrogen-bond acceptors (Lipinski definition) is 2. The molecule has 0 unspecified atom stereocenters. The zero-order valence-corrected chi connectivity index (χ0v) is 10.3. The van der Waals surface area contributed by atoms with Crippen molar-refractivity contribution in [3.8, 4) is 10.4 Å². The lowest BCUT2D eigenvalue weighted by Gasteiger charge is -2.02. The molecule has 14 heavy (non-hydrogen) atoms. The summed E-state index contributed by atoms with van der Waals surface area (Å²) in [5.74, 6) is 0. The summed E-state index contributed by atoms with van der Waals surface area (Å²) >= 11 is 11.0. The number of anilines is 1. The van der Waals surface area contributed by atoms with Gasteiger partial charge in [-0.2, -0.15) is 0 Å². The molecule has 0 bridgehead atoms. The van der Waals surface area contributed by atoms with Crippen molar-refractivity contribution in [2.75, 3.05) is 5.73 Å². The molecule has 2 aromatic rings. The Morgan fingerprint density at radius 2 is 2.07 bits per heavy atom. The Kier molecular flexibility index (Phi) is 2.81. The van der Waals surface area contributed by atoms with Gasteiger partial charge in [-0.3, -0.25) is 0 Å². The van der Waals surface area contributed by atoms with Crippen molar-refractivity contribution in [1.29, 1.82) is 0 Å². The molecule has 0 saturated heterocycles. The first-order chi connectivity index (χ1) is 6.68. The first-order valence-electron chi connectivity index (χ1n) is 3.97. The largest absolute Gasteiger partial charge is 0.398 e. The van der Waals surface area contributed by atoms with Crippen LogP contribution in [0.5, 0.6) is 0 Å². The molecule has 1 aromatic carbocycles. The monoisotopic (exact) mass is 287 g/mol. The van der Waals surface area contributed by atoms with E-state index in [-0.39, 0.29) is 0 Å². The van der Waals surface area contributed by atoms with Crippen LogP contribution < -0.4 is 5.73 Å². The van der Waals surface area contributed by atoms with Crippen LogP contribution in [0.4, 0.5) is 5.69 Å². The maximum Gasteiger partial charge on any atom is 0.0635 e. The van der Waals surface area contributed by atoms with Crippen molar-refractivity contribution < 1.29 is 0 Å². The highest BCUT2D eigenvalue weighted by Crippen LogP contribution is 2.35. The van der Waals surface area contributed by atoms with Crippen molar-refractivity contribution in [2.45, 2.75) is 0 Å². The Balaban J connectivity index is 2.53. The molecule has 72 valence electrons. The number of rotatable bonds is 1. The second-order valence-electron chi connectivity index (χ2n) is 2.83. The molecular formula is C10H7BrClNS. The molecule has 0 aliphatic rings. The van der Waals surface area contributed by atoms with Gasteiger partial charge in [0.25, 0.3) is 0 Å². The van der Waals surface area contributed by atoms with Crippen molar-refractivity contribution in [2.24, 2.45) is 0 Å². The van der Waals surface area contributed by atoms with E-state index in [4.69, 9.17) is 17.3 Å². The SMILES string of the molecule is Nc1cc(-c2sccc2Br)ccc1Cl. The zero-order valence-electron chi connectivity index (χ0n) is 7.13. The molecule has 0 spiro atoms. The first kappa shape index (κ1) is 10.0. The van der Waals surface area contributed by atoms with Gasteiger partial charge in [0.1, 0.15) is 0 Å². The van der Waals surface area contributed by atoms with E-state index in [0.29, 0.717) is 10.7 Å². The molecule has 0 fully saturated rings. The third-order valence-corrected chi connectivity index (χ3v) is 4.11. The van der Waals surface area contributed by atoms with E-state index in [1.165, 1.54) is 4.88 Å². The van der Waals surface area contributed by atoms with Gasteiger partial charge in [-0.1, -0.05) is 17.7 Å². The molecule has 1 aromatic heterocycles. The minimum Gasteiger partial charge on any atom is -0.398 e. The summed E-state index contributed by atoms with van der Waals surface area (Å²) in [7, 11) is 0. The van der Waals surface area contributed by atoms with Crippen LogP contribution >= 0.6 is 38.9 Å². The number of nitrogens with two attached hydrogens (primary N) is 1. The first-order valence-corrected chi connectivity index (χ1v) is 6.02.